The second-order valence-corrected chi connectivity index (χ2v) is 11.4. The van der Waals surface area contributed by atoms with Crippen molar-refractivity contribution < 1.29 is 20.4 Å². The maximum Gasteiger partial charge on any atom is 0.0602 e. The maximum atomic E-state index is 11.5. The third-order valence-corrected chi connectivity index (χ3v) is 10.3. The summed E-state index contributed by atoms with van der Waals surface area (Å²) in [5.41, 5.74) is 0.0282. The van der Waals surface area contributed by atoms with E-state index in [1.165, 1.54) is 0 Å². The molecular formula is C24H42O4. The second kappa shape index (κ2) is 7.51. The van der Waals surface area contributed by atoms with Gasteiger partial charge < -0.3 is 20.4 Å². The molecule has 162 valence electrons. The topological polar surface area (TPSA) is 80.9 Å². The Hall–Kier alpha value is -0.160. The highest BCUT2D eigenvalue weighted by Crippen LogP contribution is 2.68. The van der Waals surface area contributed by atoms with Gasteiger partial charge in [0.05, 0.1) is 18.3 Å². The van der Waals surface area contributed by atoms with Crippen LogP contribution in [0.1, 0.15) is 78.6 Å². The fourth-order valence-corrected chi connectivity index (χ4v) is 8.75. The van der Waals surface area contributed by atoms with Gasteiger partial charge in [-0.05, 0) is 104 Å². The first-order chi connectivity index (χ1) is 13.2. The van der Waals surface area contributed by atoms with Gasteiger partial charge in [0.25, 0.3) is 0 Å². The number of hydrogen-bond donors (Lipinski definition) is 4. The Morgan fingerprint density at radius 3 is 2.43 bits per heavy atom. The molecule has 4 saturated carbocycles. The fourth-order valence-electron chi connectivity index (χ4n) is 8.75. The monoisotopic (exact) mass is 394 g/mol. The molecule has 28 heavy (non-hydrogen) atoms. The molecular weight excluding hydrogens is 352 g/mol. The number of fused-ring (bicyclic) bond motifs is 5. The van der Waals surface area contributed by atoms with Gasteiger partial charge in [0.1, 0.15) is 0 Å². The molecule has 0 radical (unpaired) electrons. The highest BCUT2D eigenvalue weighted by atomic mass is 16.3. The van der Waals surface area contributed by atoms with Crippen LogP contribution in [0.4, 0.5) is 0 Å². The molecule has 0 aromatic rings. The van der Waals surface area contributed by atoms with Crippen molar-refractivity contribution in [3.8, 4) is 0 Å². The summed E-state index contributed by atoms with van der Waals surface area (Å²) >= 11 is 0. The summed E-state index contributed by atoms with van der Waals surface area (Å²) < 4.78 is 0. The minimum Gasteiger partial charge on any atom is -0.396 e. The van der Waals surface area contributed by atoms with Crippen molar-refractivity contribution in [3.63, 3.8) is 0 Å². The number of aliphatic hydroxyl groups is 4. The lowest BCUT2D eigenvalue weighted by Crippen LogP contribution is -2.62. The molecule has 11 atom stereocenters. The molecule has 4 rings (SSSR count). The Morgan fingerprint density at radius 1 is 0.964 bits per heavy atom. The largest absolute Gasteiger partial charge is 0.396 e. The molecule has 0 saturated heterocycles. The first-order valence-corrected chi connectivity index (χ1v) is 11.9. The van der Waals surface area contributed by atoms with Crippen LogP contribution in [0.2, 0.25) is 0 Å². The van der Waals surface area contributed by atoms with E-state index in [1.54, 1.807) is 0 Å². The van der Waals surface area contributed by atoms with Gasteiger partial charge in [-0.15, -0.1) is 0 Å². The lowest BCUT2D eigenvalue weighted by molar-refractivity contribution is -0.207. The average Bonchev–Trinajstić information content (AvgIpc) is 3.01. The van der Waals surface area contributed by atoms with Crippen LogP contribution < -0.4 is 0 Å². The molecule has 0 heterocycles. The van der Waals surface area contributed by atoms with Crippen LogP contribution in [0, 0.1) is 46.3 Å². The molecule has 4 aliphatic rings. The predicted molar refractivity (Wildman–Crippen MR) is 109 cm³/mol. The molecule has 0 aromatic carbocycles. The molecule has 0 aliphatic heterocycles. The first kappa shape index (κ1) is 21.1. The highest BCUT2D eigenvalue weighted by molar-refractivity contribution is 5.14. The van der Waals surface area contributed by atoms with Crippen LogP contribution in [-0.4, -0.2) is 45.3 Å². The van der Waals surface area contributed by atoms with Crippen molar-refractivity contribution in [2.45, 2.75) is 96.9 Å². The molecule has 0 spiro atoms. The van der Waals surface area contributed by atoms with Gasteiger partial charge >= 0.3 is 0 Å². The summed E-state index contributed by atoms with van der Waals surface area (Å²) in [5.74, 6) is 2.41. The normalized spacial score (nSPS) is 54.5. The van der Waals surface area contributed by atoms with E-state index in [-0.39, 0.29) is 35.7 Å². The number of rotatable bonds is 4. The Morgan fingerprint density at radius 2 is 1.71 bits per heavy atom. The quantitative estimate of drug-likeness (QED) is 0.589. The Kier molecular flexibility index (Phi) is 5.66. The Labute approximate surface area is 170 Å². The van der Waals surface area contributed by atoms with Gasteiger partial charge in [-0.25, -0.2) is 0 Å². The smallest absolute Gasteiger partial charge is 0.0602 e. The van der Waals surface area contributed by atoms with E-state index in [0.29, 0.717) is 35.5 Å². The van der Waals surface area contributed by atoms with E-state index < -0.39 is 0 Å². The predicted octanol–water partition coefficient (Wildman–Crippen LogP) is 3.36. The van der Waals surface area contributed by atoms with E-state index >= 15 is 0 Å². The second-order valence-electron chi connectivity index (χ2n) is 11.4. The van der Waals surface area contributed by atoms with Gasteiger partial charge in [-0.2, -0.15) is 0 Å². The molecule has 4 fully saturated rings. The van der Waals surface area contributed by atoms with Gasteiger partial charge in [-0.3, -0.25) is 0 Å². The summed E-state index contributed by atoms with van der Waals surface area (Å²) in [7, 11) is 0. The minimum atomic E-state index is -0.308. The molecule has 0 bridgehead atoms. The van der Waals surface area contributed by atoms with Crippen molar-refractivity contribution in [1.29, 1.82) is 0 Å². The lowest BCUT2D eigenvalue weighted by atomic mass is 9.43. The molecule has 4 nitrogen and oxygen atoms in total. The minimum absolute atomic E-state index is 0.117. The van der Waals surface area contributed by atoms with E-state index in [1.807, 2.05) is 0 Å². The summed E-state index contributed by atoms with van der Waals surface area (Å²) in [6.45, 7) is 7.23. The van der Waals surface area contributed by atoms with E-state index in [0.717, 1.165) is 57.8 Å². The zero-order chi connectivity index (χ0) is 20.3. The van der Waals surface area contributed by atoms with Crippen LogP contribution in [0.25, 0.3) is 0 Å². The van der Waals surface area contributed by atoms with Crippen molar-refractivity contribution in [2.75, 3.05) is 6.61 Å². The van der Waals surface area contributed by atoms with Crippen molar-refractivity contribution in [3.05, 3.63) is 0 Å². The van der Waals surface area contributed by atoms with Gasteiger partial charge in [-0.1, -0.05) is 20.8 Å². The maximum absolute atomic E-state index is 11.5. The van der Waals surface area contributed by atoms with Crippen LogP contribution in [0.3, 0.4) is 0 Å². The zero-order valence-electron chi connectivity index (χ0n) is 18.1. The number of aliphatic hydroxyl groups excluding tert-OH is 4. The Balaban J connectivity index is 1.62. The van der Waals surface area contributed by atoms with Crippen molar-refractivity contribution in [1.82, 2.24) is 0 Å². The van der Waals surface area contributed by atoms with Gasteiger partial charge in [0.15, 0.2) is 0 Å². The Bertz CT molecular complexity index is 567. The number of hydrogen-bond acceptors (Lipinski definition) is 4. The molecule has 4 aliphatic carbocycles. The standard InChI is InChI=1S/C24H42O4/c1-14(5-4-10-25)17-6-7-18-22-19(13-21(28)24(17,18)3)23(2)9-8-16(26)11-15(23)12-20(22)27/h14-22,25-28H,4-13H2,1-3H3/t14-,15+,16?,17-,18+,19+,20-,21+,22+,23+,24-/m1/s1. The average molecular weight is 395 g/mol. The summed E-state index contributed by atoms with van der Waals surface area (Å²) in [6, 6.07) is 0. The van der Waals surface area contributed by atoms with Crippen LogP contribution in [0.5, 0.6) is 0 Å². The van der Waals surface area contributed by atoms with Crippen LogP contribution >= 0.6 is 0 Å². The van der Waals surface area contributed by atoms with Gasteiger partial charge in [0.2, 0.25) is 0 Å². The van der Waals surface area contributed by atoms with Crippen LogP contribution in [-0.2, 0) is 0 Å². The van der Waals surface area contributed by atoms with Gasteiger partial charge in [0, 0.05) is 6.61 Å². The zero-order valence-corrected chi connectivity index (χ0v) is 18.1. The fraction of sp³-hybridized carbons (Fsp3) is 1.00. The lowest BCUT2D eigenvalue weighted by Gasteiger charge is -2.63. The molecule has 1 unspecified atom stereocenters. The highest BCUT2D eigenvalue weighted by Gasteiger charge is 2.65. The third-order valence-electron chi connectivity index (χ3n) is 10.3. The van der Waals surface area contributed by atoms with E-state index in [9.17, 15) is 20.4 Å². The summed E-state index contributed by atoms with van der Waals surface area (Å²) in [5, 5.41) is 42.2. The summed E-state index contributed by atoms with van der Waals surface area (Å²) in [4.78, 5) is 0. The first-order valence-electron chi connectivity index (χ1n) is 11.9. The van der Waals surface area contributed by atoms with E-state index in [4.69, 9.17) is 0 Å². The molecule has 4 N–H and O–H groups in total. The molecule has 0 aromatic heterocycles. The van der Waals surface area contributed by atoms with E-state index in [2.05, 4.69) is 20.8 Å². The van der Waals surface area contributed by atoms with Crippen molar-refractivity contribution in [2.24, 2.45) is 46.3 Å². The van der Waals surface area contributed by atoms with Crippen molar-refractivity contribution >= 4 is 0 Å². The van der Waals surface area contributed by atoms with Crippen LogP contribution in [0.15, 0.2) is 0 Å². The third kappa shape index (κ3) is 3.01. The molecule has 4 heteroatoms. The summed E-state index contributed by atoms with van der Waals surface area (Å²) in [6.07, 6.45) is 7.62. The molecule has 0 amide bonds. The SMILES string of the molecule is C[C@H](CCCO)[C@H]1CC[C@H]2[C@@H]3[C@H](O)C[C@@H]4CC(O)CC[C@]4(C)[C@H]3C[C@H](O)[C@]12C.